The number of furan rings is 1. The fraction of sp³-hybridized carbons (Fsp3) is 0.0769. The monoisotopic (exact) mass is 538 g/mol. The SMILES string of the molecule is O=S(=O)(c1ccccc1)N(Cc1ccc(Cl)cc1)Cc1ccc(/C=N\NC(=S)Nc2ccccc2)o1. The first kappa shape index (κ1) is 25.6. The largest absolute Gasteiger partial charge is 0.459 e. The van der Waals surface area contributed by atoms with E-state index in [-0.39, 0.29) is 18.0 Å². The second-order valence-electron chi connectivity index (χ2n) is 7.71. The minimum absolute atomic E-state index is 0.0368. The number of halogens is 1. The van der Waals surface area contributed by atoms with Gasteiger partial charge in [-0.2, -0.15) is 9.41 Å². The molecule has 3 aromatic carbocycles. The Labute approximate surface area is 220 Å². The van der Waals surface area contributed by atoms with Gasteiger partial charge in [0.05, 0.1) is 17.7 Å². The van der Waals surface area contributed by atoms with Gasteiger partial charge < -0.3 is 9.73 Å². The van der Waals surface area contributed by atoms with Crippen LogP contribution in [-0.2, 0) is 23.1 Å². The molecule has 2 N–H and O–H groups in total. The van der Waals surface area contributed by atoms with Crippen LogP contribution in [0.2, 0.25) is 5.02 Å². The third-order valence-corrected chi connectivity index (χ3v) is 7.31. The molecule has 10 heteroatoms. The molecular formula is C26H23ClN4O3S2. The Hall–Kier alpha value is -3.50. The van der Waals surface area contributed by atoms with E-state index in [1.165, 1.54) is 10.5 Å². The van der Waals surface area contributed by atoms with Gasteiger partial charge in [0, 0.05) is 17.3 Å². The van der Waals surface area contributed by atoms with Crippen molar-refractivity contribution in [2.75, 3.05) is 5.32 Å². The van der Waals surface area contributed by atoms with E-state index < -0.39 is 10.0 Å². The number of anilines is 1. The van der Waals surface area contributed by atoms with Crippen molar-refractivity contribution >= 4 is 50.9 Å². The average Bonchev–Trinajstić information content (AvgIpc) is 3.33. The number of rotatable bonds is 9. The van der Waals surface area contributed by atoms with Gasteiger partial charge in [0.1, 0.15) is 11.5 Å². The summed E-state index contributed by atoms with van der Waals surface area (Å²) in [7, 11) is -3.79. The van der Waals surface area contributed by atoms with Crippen molar-refractivity contribution in [3.63, 3.8) is 0 Å². The molecule has 1 heterocycles. The van der Waals surface area contributed by atoms with Crippen molar-refractivity contribution in [1.82, 2.24) is 9.73 Å². The predicted octanol–water partition coefficient (Wildman–Crippen LogP) is 5.64. The summed E-state index contributed by atoms with van der Waals surface area (Å²) in [5, 5.41) is 8.01. The highest BCUT2D eigenvalue weighted by molar-refractivity contribution is 7.89. The van der Waals surface area contributed by atoms with E-state index in [0.717, 1.165) is 11.3 Å². The van der Waals surface area contributed by atoms with Gasteiger partial charge >= 0.3 is 0 Å². The summed E-state index contributed by atoms with van der Waals surface area (Å²) in [5.74, 6) is 0.915. The molecule has 7 nitrogen and oxygen atoms in total. The molecule has 1 aromatic heterocycles. The lowest BCUT2D eigenvalue weighted by Gasteiger charge is -2.21. The maximum atomic E-state index is 13.4. The summed E-state index contributed by atoms with van der Waals surface area (Å²) < 4.78 is 34.0. The third kappa shape index (κ3) is 7.02. The van der Waals surface area contributed by atoms with Crippen molar-refractivity contribution in [2.24, 2.45) is 5.10 Å². The van der Waals surface area contributed by atoms with Gasteiger partial charge in [-0.25, -0.2) is 8.42 Å². The predicted molar refractivity (Wildman–Crippen MR) is 146 cm³/mol. The molecule has 184 valence electrons. The number of nitrogens with zero attached hydrogens (tertiary/aromatic N) is 2. The Balaban J connectivity index is 1.46. The summed E-state index contributed by atoms with van der Waals surface area (Å²) in [4.78, 5) is 0.205. The highest BCUT2D eigenvalue weighted by Gasteiger charge is 2.26. The van der Waals surface area contributed by atoms with Crippen LogP contribution in [0.25, 0.3) is 0 Å². The van der Waals surface area contributed by atoms with Crippen molar-refractivity contribution < 1.29 is 12.8 Å². The molecule has 36 heavy (non-hydrogen) atoms. The number of hydrogen-bond donors (Lipinski definition) is 2. The van der Waals surface area contributed by atoms with E-state index in [1.807, 2.05) is 30.3 Å². The summed E-state index contributed by atoms with van der Waals surface area (Å²) >= 11 is 11.2. The molecule has 0 unspecified atom stereocenters. The molecule has 0 amide bonds. The standard InChI is InChI=1S/C26H23ClN4O3S2/c27-21-13-11-20(12-14-21)18-31(36(32,33)25-9-5-2-6-10-25)19-24-16-15-23(34-24)17-28-30-26(35)29-22-7-3-1-4-8-22/h1-17H,18-19H2,(H2,29,30,35)/b28-17-. The molecule has 0 aliphatic rings. The number of para-hydroxylation sites is 1. The zero-order valence-corrected chi connectivity index (χ0v) is 21.4. The van der Waals surface area contributed by atoms with Crippen LogP contribution in [0, 0.1) is 0 Å². The van der Waals surface area contributed by atoms with Crippen LogP contribution in [0.1, 0.15) is 17.1 Å². The van der Waals surface area contributed by atoms with E-state index in [1.54, 1.807) is 66.7 Å². The summed E-state index contributed by atoms with van der Waals surface area (Å²) in [6.07, 6.45) is 1.47. The van der Waals surface area contributed by atoms with E-state index in [4.69, 9.17) is 28.2 Å². The van der Waals surface area contributed by atoms with Crippen molar-refractivity contribution in [3.05, 3.63) is 119 Å². The van der Waals surface area contributed by atoms with Crippen LogP contribution in [0.4, 0.5) is 5.69 Å². The van der Waals surface area contributed by atoms with Gasteiger partial charge in [-0.3, -0.25) is 5.43 Å². The molecule has 4 aromatic rings. The van der Waals surface area contributed by atoms with Gasteiger partial charge in [-0.15, -0.1) is 0 Å². The summed E-state index contributed by atoms with van der Waals surface area (Å²) in [5.41, 5.74) is 4.37. The zero-order valence-electron chi connectivity index (χ0n) is 19.0. The Morgan fingerprint density at radius 1 is 0.917 bits per heavy atom. The molecule has 0 bridgehead atoms. The van der Waals surface area contributed by atoms with E-state index >= 15 is 0 Å². The fourth-order valence-electron chi connectivity index (χ4n) is 3.32. The van der Waals surface area contributed by atoms with Crippen LogP contribution in [0.3, 0.4) is 0 Å². The summed E-state index contributed by atoms with van der Waals surface area (Å²) in [6.45, 7) is 0.189. The zero-order chi connectivity index (χ0) is 25.4. The van der Waals surface area contributed by atoms with Gasteiger partial charge in [-0.1, -0.05) is 60.1 Å². The number of hydrazone groups is 1. The number of sulfonamides is 1. The van der Waals surface area contributed by atoms with Crippen LogP contribution in [0.5, 0.6) is 0 Å². The topological polar surface area (TPSA) is 86.9 Å². The van der Waals surface area contributed by atoms with Gasteiger partial charge in [0.2, 0.25) is 10.0 Å². The first-order chi connectivity index (χ1) is 17.4. The molecule has 0 radical (unpaired) electrons. The Morgan fingerprint density at radius 2 is 1.58 bits per heavy atom. The van der Waals surface area contributed by atoms with Crippen LogP contribution >= 0.6 is 23.8 Å². The van der Waals surface area contributed by atoms with Crippen LogP contribution in [0.15, 0.2) is 111 Å². The lowest BCUT2D eigenvalue weighted by molar-refractivity contribution is 0.357. The first-order valence-corrected chi connectivity index (χ1v) is 13.2. The number of benzene rings is 3. The van der Waals surface area contributed by atoms with E-state index in [9.17, 15) is 8.42 Å². The smallest absolute Gasteiger partial charge is 0.243 e. The molecule has 0 aliphatic heterocycles. The number of hydrogen-bond acceptors (Lipinski definition) is 5. The normalized spacial score (nSPS) is 11.6. The lowest BCUT2D eigenvalue weighted by atomic mass is 10.2. The molecule has 0 fully saturated rings. The average molecular weight is 539 g/mol. The maximum absolute atomic E-state index is 13.4. The molecular weight excluding hydrogens is 516 g/mol. The van der Waals surface area contributed by atoms with Gasteiger partial charge in [0.15, 0.2) is 5.11 Å². The summed E-state index contributed by atoms with van der Waals surface area (Å²) in [6, 6.07) is 28.3. The van der Waals surface area contributed by atoms with Gasteiger partial charge in [-0.05, 0) is 66.3 Å². The molecule has 0 saturated carbocycles. The van der Waals surface area contributed by atoms with Crippen LogP contribution in [-0.4, -0.2) is 24.1 Å². The van der Waals surface area contributed by atoms with E-state index in [2.05, 4.69) is 15.8 Å². The van der Waals surface area contributed by atoms with Crippen molar-refractivity contribution in [2.45, 2.75) is 18.0 Å². The Kier molecular flexibility index (Phi) is 8.50. The highest BCUT2D eigenvalue weighted by atomic mass is 35.5. The quantitative estimate of drug-likeness (QED) is 0.163. The molecule has 0 aliphatic carbocycles. The minimum atomic E-state index is -3.79. The van der Waals surface area contributed by atoms with E-state index in [0.29, 0.717) is 21.7 Å². The molecule has 0 spiro atoms. The second kappa shape index (κ2) is 12.0. The number of nitrogens with one attached hydrogen (secondary N) is 2. The molecule has 0 saturated heterocycles. The highest BCUT2D eigenvalue weighted by Crippen LogP contribution is 2.22. The van der Waals surface area contributed by atoms with Crippen molar-refractivity contribution in [3.8, 4) is 0 Å². The molecule has 0 atom stereocenters. The first-order valence-electron chi connectivity index (χ1n) is 10.9. The minimum Gasteiger partial charge on any atom is -0.459 e. The third-order valence-electron chi connectivity index (χ3n) is 5.06. The van der Waals surface area contributed by atoms with Crippen molar-refractivity contribution in [1.29, 1.82) is 0 Å². The van der Waals surface area contributed by atoms with Gasteiger partial charge in [0.25, 0.3) is 0 Å². The Bertz CT molecular complexity index is 1430. The molecule has 4 rings (SSSR count). The Morgan fingerprint density at radius 3 is 2.28 bits per heavy atom. The maximum Gasteiger partial charge on any atom is 0.243 e. The number of thiocarbonyl (C=S) groups is 1. The fourth-order valence-corrected chi connectivity index (χ4v) is 5.03. The van der Waals surface area contributed by atoms with Crippen LogP contribution < -0.4 is 10.7 Å². The lowest BCUT2D eigenvalue weighted by Crippen LogP contribution is -2.30. The second-order valence-corrected chi connectivity index (χ2v) is 10.5.